The summed E-state index contributed by atoms with van der Waals surface area (Å²) < 4.78 is 4.94. The molecule has 3 rings (SSSR count). The standard InChI is InChI=1S/C23H20N3O2P/c1-2-28-23(27)22(18-24)25-26-29(19-12-6-3-7-13-19,20-14-8-4-9-15-20)21-16-10-5-11-17-21/h3-17H,2H2,1H3. The van der Waals surface area contributed by atoms with Crippen LogP contribution in [-0.4, -0.2) is 18.3 Å². The third kappa shape index (κ3) is 4.34. The van der Waals surface area contributed by atoms with E-state index in [1.165, 1.54) is 0 Å². The monoisotopic (exact) mass is 401 g/mol. The van der Waals surface area contributed by atoms with Crippen LogP contribution in [0, 0.1) is 11.3 Å². The molecule has 0 aromatic heterocycles. The molecule has 5 nitrogen and oxygen atoms in total. The fourth-order valence-corrected chi connectivity index (χ4v) is 6.19. The Labute approximate surface area is 170 Å². The van der Waals surface area contributed by atoms with Crippen molar-refractivity contribution in [1.29, 1.82) is 5.26 Å². The summed E-state index contributed by atoms with van der Waals surface area (Å²) in [4.78, 5) is 16.8. The van der Waals surface area contributed by atoms with Crippen molar-refractivity contribution in [3.8, 4) is 6.07 Å². The number of esters is 1. The molecule has 0 aliphatic carbocycles. The number of ether oxygens (including phenoxy) is 1. The Morgan fingerprint density at radius 1 is 0.862 bits per heavy atom. The molecule has 6 heteroatoms. The maximum absolute atomic E-state index is 12.1. The van der Waals surface area contributed by atoms with Gasteiger partial charge in [0, 0.05) is 15.9 Å². The minimum atomic E-state index is -2.60. The quantitative estimate of drug-likeness (QED) is 0.274. The molecular formula is C23H20N3O2P. The largest absolute Gasteiger partial charge is 0.461 e. The molecule has 0 N–H and O–H groups in total. The molecule has 3 aromatic rings. The first-order chi connectivity index (χ1) is 14.2. The van der Waals surface area contributed by atoms with Gasteiger partial charge in [0.25, 0.3) is 0 Å². The van der Waals surface area contributed by atoms with Crippen molar-refractivity contribution in [3.05, 3.63) is 91.0 Å². The highest BCUT2D eigenvalue weighted by atomic mass is 31.2. The first-order valence-electron chi connectivity index (χ1n) is 9.15. The molecule has 0 saturated heterocycles. The SMILES string of the molecule is CCOC(=O)C(C#N)=NN=P(c1ccccc1)(c1ccccc1)c1ccccc1. The molecule has 0 amide bonds. The van der Waals surface area contributed by atoms with Crippen molar-refractivity contribution in [1.82, 2.24) is 0 Å². The fraction of sp³-hybridized carbons (Fsp3) is 0.0870. The average molecular weight is 401 g/mol. The zero-order valence-electron chi connectivity index (χ0n) is 16.0. The molecule has 0 atom stereocenters. The molecule has 144 valence electrons. The van der Waals surface area contributed by atoms with E-state index in [1.807, 2.05) is 97.1 Å². The Balaban J connectivity index is 2.37. The highest BCUT2D eigenvalue weighted by Gasteiger charge is 2.28. The molecule has 0 fully saturated rings. The first kappa shape index (κ1) is 20.3. The zero-order valence-corrected chi connectivity index (χ0v) is 16.9. The van der Waals surface area contributed by atoms with Gasteiger partial charge < -0.3 is 4.74 Å². The fourth-order valence-electron chi connectivity index (χ4n) is 2.95. The van der Waals surface area contributed by atoms with Gasteiger partial charge in [0.2, 0.25) is 5.71 Å². The van der Waals surface area contributed by atoms with Gasteiger partial charge in [-0.1, -0.05) is 91.0 Å². The van der Waals surface area contributed by atoms with Gasteiger partial charge in [-0.05, 0) is 6.92 Å². The molecule has 0 spiro atoms. The van der Waals surface area contributed by atoms with Gasteiger partial charge in [-0.3, -0.25) is 0 Å². The topological polar surface area (TPSA) is 74.8 Å². The number of nitrogens with zero attached hydrogens (tertiary/aromatic N) is 3. The van der Waals surface area contributed by atoms with Crippen molar-refractivity contribution >= 4 is 34.6 Å². The van der Waals surface area contributed by atoms with Gasteiger partial charge >= 0.3 is 5.97 Å². The van der Waals surface area contributed by atoms with E-state index < -0.39 is 13.0 Å². The molecule has 0 bridgehead atoms. The van der Waals surface area contributed by atoms with Crippen LogP contribution in [0.2, 0.25) is 0 Å². The van der Waals surface area contributed by atoms with E-state index >= 15 is 0 Å². The lowest BCUT2D eigenvalue weighted by atomic mass is 10.4. The van der Waals surface area contributed by atoms with Crippen molar-refractivity contribution in [2.45, 2.75) is 6.92 Å². The van der Waals surface area contributed by atoms with Gasteiger partial charge in [-0.15, -0.1) is 5.10 Å². The van der Waals surface area contributed by atoms with E-state index in [9.17, 15) is 10.1 Å². The van der Waals surface area contributed by atoms with Crippen LogP contribution in [0.3, 0.4) is 0 Å². The minimum absolute atomic E-state index is 0.163. The van der Waals surface area contributed by atoms with Crippen molar-refractivity contribution < 1.29 is 9.53 Å². The van der Waals surface area contributed by atoms with E-state index in [-0.39, 0.29) is 12.3 Å². The number of benzene rings is 3. The highest BCUT2D eigenvalue weighted by molar-refractivity contribution is 7.87. The Kier molecular flexibility index (Phi) is 6.73. The number of rotatable bonds is 6. The molecule has 0 saturated carbocycles. The summed E-state index contributed by atoms with van der Waals surface area (Å²) in [5.74, 6) is -0.772. The average Bonchev–Trinajstić information content (AvgIpc) is 2.79. The number of carbonyl (C=O) groups excluding carboxylic acids is 1. The second kappa shape index (κ2) is 9.64. The van der Waals surface area contributed by atoms with Crippen LogP contribution in [0.4, 0.5) is 0 Å². The maximum Gasteiger partial charge on any atom is 0.369 e. The van der Waals surface area contributed by atoms with E-state index in [0.29, 0.717) is 0 Å². The third-order valence-corrected chi connectivity index (χ3v) is 7.74. The lowest BCUT2D eigenvalue weighted by Crippen LogP contribution is -2.25. The van der Waals surface area contributed by atoms with E-state index in [2.05, 4.69) is 5.10 Å². The molecule has 29 heavy (non-hydrogen) atoms. The molecule has 0 radical (unpaired) electrons. The third-order valence-electron chi connectivity index (χ3n) is 4.24. The summed E-state index contributed by atoms with van der Waals surface area (Å²) in [5, 5.41) is 16.4. The predicted octanol–water partition coefficient (Wildman–Crippen LogP) is 3.61. The van der Waals surface area contributed by atoms with E-state index in [4.69, 9.17) is 9.59 Å². The Hall–Kier alpha value is -3.48. The van der Waals surface area contributed by atoms with Crippen LogP contribution in [0.15, 0.2) is 101 Å². The highest BCUT2D eigenvalue weighted by Crippen LogP contribution is 2.46. The van der Waals surface area contributed by atoms with Crippen LogP contribution < -0.4 is 15.9 Å². The Morgan fingerprint density at radius 3 is 1.62 bits per heavy atom. The predicted molar refractivity (Wildman–Crippen MR) is 117 cm³/mol. The summed E-state index contributed by atoms with van der Waals surface area (Å²) in [7, 11) is -2.60. The van der Waals surface area contributed by atoms with Gasteiger partial charge in [0.1, 0.15) is 6.07 Å². The van der Waals surface area contributed by atoms with Crippen LogP contribution in [-0.2, 0) is 9.53 Å². The van der Waals surface area contributed by atoms with Crippen LogP contribution in [0.5, 0.6) is 0 Å². The summed E-state index contributed by atoms with van der Waals surface area (Å²) in [5.41, 5.74) is -0.362. The number of hydrogen-bond donors (Lipinski definition) is 0. The van der Waals surface area contributed by atoms with Gasteiger partial charge in [0.15, 0.2) is 0 Å². The van der Waals surface area contributed by atoms with Gasteiger partial charge in [-0.2, -0.15) is 10.1 Å². The van der Waals surface area contributed by atoms with Gasteiger partial charge in [-0.25, -0.2) is 4.79 Å². The lowest BCUT2D eigenvalue weighted by Gasteiger charge is -2.25. The first-order valence-corrected chi connectivity index (χ1v) is 10.9. The van der Waals surface area contributed by atoms with Crippen molar-refractivity contribution in [2.75, 3.05) is 6.61 Å². The molecular weight excluding hydrogens is 381 g/mol. The lowest BCUT2D eigenvalue weighted by molar-refractivity contribution is -0.134. The number of carbonyl (C=O) groups is 1. The molecule has 0 aliphatic heterocycles. The summed E-state index contributed by atoms with van der Waals surface area (Å²) in [6.07, 6.45) is 0. The van der Waals surface area contributed by atoms with Crippen molar-refractivity contribution in [3.63, 3.8) is 0 Å². The molecule has 0 aliphatic rings. The maximum atomic E-state index is 12.1. The van der Waals surface area contributed by atoms with Crippen LogP contribution in [0.1, 0.15) is 6.92 Å². The second-order valence-electron chi connectivity index (χ2n) is 6.01. The number of nitriles is 1. The Morgan fingerprint density at radius 2 is 1.28 bits per heavy atom. The van der Waals surface area contributed by atoms with Crippen molar-refractivity contribution in [2.24, 2.45) is 9.96 Å². The van der Waals surface area contributed by atoms with E-state index in [1.54, 1.807) is 6.92 Å². The van der Waals surface area contributed by atoms with Gasteiger partial charge in [0.05, 0.1) is 13.7 Å². The number of hydrogen-bond acceptors (Lipinski definition) is 4. The summed E-state index contributed by atoms with van der Waals surface area (Å²) >= 11 is 0. The Bertz CT molecular complexity index is 986. The minimum Gasteiger partial charge on any atom is -0.461 e. The summed E-state index contributed by atoms with van der Waals surface area (Å²) in [6, 6.07) is 31.4. The molecule has 0 heterocycles. The second-order valence-corrected chi connectivity index (χ2v) is 9.01. The molecule has 0 unspecified atom stereocenters. The smallest absolute Gasteiger partial charge is 0.369 e. The van der Waals surface area contributed by atoms with Crippen LogP contribution in [0.25, 0.3) is 0 Å². The van der Waals surface area contributed by atoms with Crippen LogP contribution >= 0.6 is 7.05 Å². The van der Waals surface area contributed by atoms with E-state index in [0.717, 1.165) is 15.9 Å². The zero-order chi connectivity index (χ0) is 20.5. The normalized spacial score (nSPS) is 11.4. The summed E-state index contributed by atoms with van der Waals surface area (Å²) in [6.45, 7) is 1.84. The molecule has 3 aromatic carbocycles.